The number of aliphatic hydroxyl groups is 1. The first kappa shape index (κ1) is 34.3. The van der Waals surface area contributed by atoms with Gasteiger partial charge in [-0.25, -0.2) is 14.4 Å². The van der Waals surface area contributed by atoms with Crippen LogP contribution < -0.4 is 5.32 Å². The highest BCUT2D eigenvalue weighted by atomic mass is 28.4. The van der Waals surface area contributed by atoms with Gasteiger partial charge < -0.3 is 29.4 Å². The Morgan fingerprint density at radius 3 is 2.02 bits per heavy atom. The Morgan fingerprint density at radius 1 is 0.951 bits per heavy atom. The van der Waals surface area contributed by atoms with Gasteiger partial charge in [-0.15, -0.1) is 0 Å². The lowest BCUT2D eigenvalue weighted by atomic mass is 9.88. The molecule has 11 heteroatoms. The van der Waals surface area contributed by atoms with E-state index in [0.717, 1.165) is 0 Å². The van der Waals surface area contributed by atoms with Crippen LogP contribution in [0.5, 0.6) is 0 Å². The number of carboxylic acid groups (broad SMARTS) is 1. The van der Waals surface area contributed by atoms with Crippen molar-refractivity contribution in [2.24, 2.45) is 0 Å². The van der Waals surface area contributed by atoms with Crippen molar-refractivity contribution in [3.8, 4) is 0 Å². The third kappa shape index (κ3) is 9.58. The molecule has 0 aliphatic heterocycles. The summed E-state index contributed by atoms with van der Waals surface area (Å²) >= 11 is 0. The highest BCUT2D eigenvalue weighted by molar-refractivity contribution is 6.74. The number of para-hydroxylation sites is 1. The maximum Gasteiger partial charge on any atom is 0.419 e. The third-order valence-electron chi connectivity index (χ3n) is 7.02. The molecule has 1 aromatic heterocycles. The van der Waals surface area contributed by atoms with E-state index in [9.17, 15) is 24.6 Å². The van der Waals surface area contributed by atoms with E-state index in [4.69, 9.17) is 13.9 Å². The van der Waals surface area contributed by atoms with Crippen LogP contribution in [0.4, 0.5) is 9.59 Å². The number of carboxylic acids is 1. The SMILES string of the molecule is CC(C)(C)OC(=O)N[C@H](CO[Si](C)(C)C(C)(C)C)C[C@@](O)(Cc1cn(C(=O)OC(C)(C)C)c2ccccc12)C(=O)O. The van der Waals surface area contributed by atoms with Gasteiger partial charge in [0.1, 0.15) is 11.2 Å². The number of benzene rings is 1. The average Bonchev–Trinajstić information content (AvgIpc) is 3.12. The summed E-state index contributed by atoms with van der Waals surface area (Å²) in [6.07, 6.45) is -0.552. The lowest BCUT2D eigenvalue weighted by Gasteiger charge is -2.38. The molecular formula is C30H48N2O8Si. The van der Waals surface area contributed by atoms with Gasteiger partial charge in [0.15, 0.2) is 13.9 Å². The van der Waals surface area contributed by atoms with Gasteiger partial charge in [-0.05, 0) is 71.3 Å². The summed E-state index contributed by atoms with van der Waals surface area (Å²) in [5, 5.41) is 25.0. The molecule has 0 saturated heterocycles. The van der Waals surface area contributed by atoms with Crippen LogP contribution in [0.25, 0.3) is 10.9 Å². The number of hydrogen-bond acceptors (Lipinski definition) is 7. The van der Waals surface area contributed by atoms with Gasteiger partial charge in [0.2, 0.25) is 0 Å². The van der Waals surface area contributed by atoms with Crippen LogP contribution in [0, 0.1) is 0 Å². The van der Waals surface area contributed by atoms with Crippen LogP contribution in [0.15, 0.2) is 30.5 Å². The van der Waals surface area contributed by atoms with E-state index in [-0.39, 0.29) is 24.5 Å². The second-order valence-electron chi connectivity index (χ2n) is 14.2. The monoisotopic (exact) mass is 592 g/mol. The minimum atomic E-state index is -2.31. The minimum Gasteiger partial charge on any atom is -0.479 e. The molecule has 1 heterocycles. The van der Waals surface area contributed by atoms with Crippen LogP contribution in [0.1, 0.15) is 74.3 Å². The number of hydrogen-bond donors (Lipinski definition) is 3. The van der Waals surface area contributed by atoms with Gasteiger partial charge >= 0.3 is 18.2 Å². The number of aromatic nitrogens is 1. The number of carbonyl (C=O) groups is 3. The average molecular weight is 593 g/mol. The summed E-state index contributed by atoms with van der Waals surface area (Å²) in [6, 6.07) is 6.13. The standard InChI is InChI=1S/C30H48N2O8Si/c1-27(2,3)39-25(35)31-21(19-38-41(10,11)29(7,8)9)17-30(37,24(33)34)16-20-18-32(26(36)40-28(4,5)6)23-15-13-12-14-22(20)23/h12-15,18,21,37H,16-17,19H2,1-11H3,(H,31,35)(H,33,34)/t21-,30-/m0/s1. The molecule has 41 heavy (non-hydrogen) atoms. The number of alkyl carbamates (subject to hydrolysis) is 1. The van der Waals surface area contributed by atoms with Gasteiger partial charge in [0.05, 0.1) is 18.2 Å². The molecule has 10 nitrogen and oxygen atoms in total. The molecule has 3 N–H and O–H groups in total. The fourth-order valence-corrected chi connectivity index (χ4v) is 5.01. The summed E-state index contributed by atoms with van der Waals surface area (Å²) in [7, 11) is -2.28. The van der Waals surface area contributed by atoms with Crippen molar-refractivity contribution in [2.45, 2.75) is 116 Å². The van der Waals surface area contributed by atoms with Gasteiger partial charge in [-0.1, -0.05) is 39.0 Å². The van der Waals surface area contributed by atoms with E-state index in [1.807, 2.05) is 13.1 Å². The minimum absolute atomic E-state index is 0.00894. The highest BCUT2D eigenvalue weighted by Gasteiger charge is 2.43. The molecule has 2 aromatic rings. The Morgan fingerprint density at radius 2 is 1.51 bits per heavy atom. The van der Waals surface area contributed by atoms with E-state index in [1.54, 1.807) is 65.8 Å². The van der Waals surface area contributed by atoms with Crippen molar-refractivity contribution in [1.29, 1.82) is 0 Å². The molecule has 0 spiro atoms. The lowest BCUT2D eigenvalue weighted by Crippen LogP contribution is -2.52. The van der Waals surface area contributed by atoms with E-state index in [1.165, 1.54) is 10.8 Å². The van der Waals surface area contributed by atoms with Crippen molar-refractivity contribution in [3.05, 3.63) is 36.0 Å². The summed E-state index contributed by atoms with van der Waals surface area (Å²) in [5.74, 6) is -1.46. The van der Waals surface area contributed by atoms with E-state index in [2.05, 4.69) is 26.1 Å². The second kappa shape index (κ2) is 12.1. The molecule has 1 amide bonds. The molecule has 0 aliphatic rings. The normalized spacial score (nSPS) is 15.2. The molecule has 230 valence electrons. The highest BCUT2D eigenvalue weighted by Crippen LogP contribution is 2.37. The van der Waals surface area contributed by atoms with Gasteiger partial charge in [0.25, 0.3) is 0 Å². The van der Waals surface area contributed by atoms with Crippen molar-refractivity contribution in [3.63, 3.8) is 0 Å². The fraction of sp³-hybridized carbons (Fsp3) is 0.633. The van der Waals surface area contributed by atoms with Crippen molar-refractivity contribution in [2.75, 3.05) is 6.61 Å². The predicted octanol–water partition coefficient (Wildman–Crippen LogP) is 6.09. The van der Waals surface area contributed by atoms with Gasteiger partial charge in [-0.3, -0.25) is 4.57 Å². The molecule has 0 bridgehead atoms. The summed E-state index contributed by atoms with van der Waals surface area (Å²) in [6.45, 7) is 20.7. The van der Waals surface area contributed by atoms with Gasteiger partial charge in [0, 0.05) is 24.4 Å². The Balaban J connectivity index is 2.46. The number of carbonyl (C=O) groups excluding carboxylic acids is 2. The van der Waals surface area contributed by atoms with E-state index < -0.39 is 49.3 Å². The van der Waals surface area contributed by atoms with E-state index >= 15 is 0 Å². The number of fused-ring (bicyclic) bond motifs is 1. The molecule has 1 aromatic carbocycles. The van der Waals surface area contributed by atoms with Crippen LogP contribution >= 0.6 is 0 Å². The molecule has 0 unspecified atom stereocenters. The summed E-state index contributed by atoms with van der Waals surface area (Å²) in [4.78, 5) is 38.2. The molecule has 0 aliphatic carbocycles. The largest absolute Gasteiger partial charge is 0.479 e. The topological polar surface area (TPSA) is 136 Å². The van der Waals surface area contributed by atoms with Crippen LogP contribution in [-0.2, 0) is 25.1 Å². The van der Waals surface area contributed by atoms with Gasteiger partial charge in [-0.2, -0.15) is 0 Å². The second-order valence-corrected chi connectivity index (χ2v) is 19.0. The zero-order valence-corrected chi connectivity index (χ0v) is 27.4. The number of ether oxygens (including phenoxy) is 2. The number of rotatable bonds is 9. The first-order valence-electron chi connectivity index (χ1n) is 13.9. The number of amides is 1. The Kier molecular flexibility index (Phi) is 10.2. The van der Waals surface area contributed by atoms with Crippen LogP contribution in [0.2, 0.25) is 18.1 Å². The maximum absolute atomic E-state index is 12.9. The zero-order valence-electron chi connectivity index (χ0n) is 26.4. The van der Waals surface area contributed by atoms with Crippen molar-refractivity contribution >= 4 is 37.4 Å². The lowest BCUT2D eigenvalue weighted by molar-refractivity contribution is -0.160. The summed E-state index contributed by atoms with van der Waals surface area (Å²) < 4.78 is 18.6. The first-order valence-corrected chi connectivity index (χ1v) is 16.8. The Bertz CT molecular complexity index is 1250. The number of aliphatic carboxylic acids is 1. The fourth-order valence-electron chi connectivity index (χ4n) is 3.96. The third-order valence-corrected chi connectivity index (χ3v) is 11.5. The molecule has 2 rings (SSSR count). The number of nitrogens with zero attached hydrogens (tertiary/aromatic N) is 1. The predicted molar refractivity (Wildman–Crippen MR) is 161 cm³/mol. The smallest absolute Gasteiger partial charge is 0.419 e. The molecule has 0 saturated carbocycles. The molecule has 0 radical (unpaired) electrons. The molecular weight excluding hydrogens is 544 g/mol. The van der Waals surface area contributed by atoms with E-state index in [0.29, 0.717) is 16.5 Å². The maximum atomic E-state index is 12.9. The Hall–Kier alpha value is -2.89. The Labute approximate surface area is 244 Å². The zero-order chi connectivity index (χ0) is 31.6. The molecule has 0 fully saturated rings. The summed E-state index contributed by atoms with van der Waals surface area (Å²) in [5.41, 5.74) is -2.86. The molecule has 2 atom stereocenters. The quantitative estimate of drug-likeness (QED) is 0.298. The first-order chi connectivity index (χ1) is 18.4. The van der Waals surface area contributed by atoms with Crippen LogP contribution in [0.3, 0.4) is 0 Å². The van der Waals surface area contributed by atoms with Crippen LogP contribution in [-0.4, -0.2) is 70.7 Å². The van der Waals surface area contributed by atoms with Crippen molar-refractivity contribution < 1.29 is 38.5 Å². The number of nitrogens with one attached hydrogen (secondary N) is 1. The van der Waals surface area contributed by atoms with Crippen molar-refractivity contribution in [1.82, 2.24) is 9.88 Å².